The SMILES string of the molecule is O=C(COC(=O)C1(c2ccccc2)CC1)Nc1cccc(S(=O)(=O)NC2=NCCCCC2)c1. The number of amidine groups is 1. The number of carbonyl (C=O) groups is 2. The summed E-state index contributed by atoms with van der Waals surface area (Å²) in [4.78, 5) is 29.2. The summed E-state index contributed by atoms with van der Waals surface area (Å²) in [6.45, 7) is 0.164. The Bertz CT molecular complexity index is 1160. The molecule has 1 aliphatic heterocycles. The third-order valence-corrected chi connectivity index (χ3v) is 7.23. The highest BCUT2D eigenvalue weighted by molar-refractivity contribution is 7.90. The summed E-state index contributed by atoms with van der Waals surface area (Å²) < 4.78 is 33.3. The number of aliphatic imine (C=N–C) groups is 1. The number of nitrogens with one attached hydrogen (secondary N) is 2. The molecule has 8 nitrogen and oxygen atoms in total. The van der Waals surface area contributed by atoms with E-state index in [2.05, 4.69) is 15.0 Å². The van der Waals surface area contributed by atoms with Crippen molar-refractivity contribution < 1.29 is 22.7 Å². The fraction of sp³-hybridized carbons (Fsp3) is 0.375. The molecule has 1 saturated carbocycles. The number of rotatable bonds is 7. The van der Waals surface area contributed by atoms with Gasteiger partial charge < -0.3 is 10.1 Å². The van der Waals surface area contributed by atoms with Gasteiger partial charge in [0.1, 0.15) is 5.84 Å². The molecule has 2 aromatic rings. The Morgan fingerprint density at radius 3 is 2.55 bits per heavy atom. The number of carbonyl (C=O) groups excluding carboxylic acids is 2. The molecule has 2 aromatic carbocycles. The summed E-state index contributed by atoms with van der Waals surface area (Å²) in [7, 11) is -3.82. The third kappa shape index (κ3) is 5.60. The molecule has 1 aliphatic carbocycles. The first kappa shape index (κ1) is 23.0. The number of hydrogen-bond acceptors (Lipinski definition) is 6. The van der Waals surface area contributed by atoms with E-state index in [1.54, 1.807) is 12.1 Å². The van der Waals surface area contributed by atoms with E-state index in [0.29, 0.717) is 37.3 Å². The molecule has 0 saturated heterocycles. The summed E-state index contributed by atoms with van der Waals surface area (Å²) in [6.07, 6.45) is 4.83. The first-order valence-electron chi connectivity index (χ1n) is 11.1. The van der Waals surface area contributed by atoms with E-state index in [4.69, 9.17) is 4.74 Å². The third-order valence-electron chi connectivity index (χ3n) is 5.86. The van der Waals surface area contributed by atoms with Crippen LogP contribution in [0.25, 0.3) is 0 Å². The van der Waals surface area contributed by atoms with Crippen LogP contribution in [0.4, 0.5) is 5.69 Å². The quantitative estimate of drug-likeness (QED) is 0.605. The number of ether oxygens (including phenoxy) is 1. The Hall–Kier alpha value is -3.20. The molecule has 0 bridgehead atoms. The molecule has 1 amide bonds. The van der Waals surface area contributed by atoms with Crippen molar-refractivity contribution in [1.82, 2.24) is 4.72 Å². The highest BCUT2D eigenvalue weighted by atomic mass is 32.2. The molecule has 1 heterocycles. The molecule has 0 aromatic heterocycles. The van der Waals surface area contributed by atoms with Gasteiger partial charge in [-0.25, -0.2) is 8.42 Å². The molecule has 0 unspecified atom stereocenters. The van der Waals surface area contributed by atoms with Crippen LogP contribution in [0.15, 0.2) is 64.5 Å². The number of benzene rings is 2. The molecular formula is C24H27N3O5S. The van der Waals surface area contributed by atoms with Gasteiger partial charge in [-0.05, 0) is 49.4 Å². The van der Waals surface area contributed by atoms with E-state index >= 15 is 0 Å². The smallest absolute Gasteiger partial charge is 0.317 e. The number of anilines is 1. The van der Waals surface area contributed by atoms with Crippen LogP contribution in [0.5, 0.6) is 0 Å². The van der Waals surface area contributed by atoms with Crippen LogP contribution in [0, 0.1) is 0 Å². The number of sulfonamides is 1. The largest absolute Gasteiger partial charge is 0.455 e. The Morgan fingerprint density at radius 1 is 1.00 bits per heavy atom. The monoisotopic (exact) mass is 469 g/mol. The molecule has 0 spiro atoms. The van der Waals surface area contributed by atoms with E-state index in [1.807, 2.05) is 30.3 Å². The topological polar surface area (TPSA) is 114 Å². The lowest BCUT2D eigenvalue weighted by molar-refractivity contribution is -0.150. The van der Waals surface area contributed by atoms with Crippen LogP contribution in [0.3, 0.4) is 0 Å². The van der Waals surface area contributed by atoms with Gasteiger partial charge in [-0.1, -0.05) is 42.8 Å². The molecule has 0 atom stereocenters. The van der Waals surface area contributed by atoms with Gasteiger partial charge >= 0.3 is 5.97 Å². The number of nitrogens with zero attached hydrogens (tertiary/aromatic N) is 1. The van der Waals surface area contributed by atoms with Crippen LogP contribution < -0.4 is 10.0 Å². The van der Waals surface area contributed by atoms with Crippen molar-refractivity contribution in [2.24, 2.45) is 4.99 Å². The van der Waals surface area contributed by atoms with Crippen LogP contribution >= 0.6 is 0 Å². The molecule has 2 aliphatic rings. The minimum absolute atomic E-state index is 0.0188. The van der Waals surface area contributed by atoms with Gasteiger partial charge in [0.05, 0.1) is 10.3 Å². The zero-order valence-corrected chi connectivity index (χ0v) is 19.1. The Labute approximate surface area is 193 Å². The normalized spacial score (nSPS) is 17.3. The van der Waals surface area contributed by atoms with Crippen molar-refractivity contribution in [2.45, 2.75) is 48.8 Å². The molecule has 174 valence electrons. The predicted octanol–water partition coefficient (Wildman–Crippen LogP) is 3.15. The van der Waals surface area contributed by atoms with Crippen molar-refractivity contribution in [3.63, 3.8) is 0 Å². The maximum atomic E-state index is 12.7. The van der Waals surface area contributed by atoms with E-state index < -0.39 is 33.9 Å². The lowest BCUT2D eigenvalue weighted by Gasteiger charge is -2.15. The number of hydrogen-bond donors (Lipinski definition) is 2. The molecule has 33 heavy (non-hydrogen) atoms. The second-order valence-corrected chi connectivity index (χ2v) is 10.0. The Kier molecular flexibility index (Phi) is 6.78. The minimum atomic E-state index is -3.82. The summed E-state index contributed by atoms with van der Waals surface area (Å²) >= 11 is 0. The van der Waals surface area contributed by atoms with Crippen molar-refractivity contribution in [3.8, 4) is 0 Å². The fourth-order valence-corrected chi connectivity index (χ4v) is 5.01. The van der Waals surface area contributed by atoms with Gasteiger partial charge in [-0.2, -0.15) is 0 Å². The standard InChI is InChI=1S/C24H27N3O5S/c28-22(17-32-23(29)24(13-14-24)18-8-3-1-4-9-18)26-19-10-7-11-20(16-19)33(30,31)27-21-12-5-2-6-15-25-21/h1,3-4,7-11,16H,2,5-6,12-15,17H2,(H,25,27)(H,26,28). The van der Waals surface area contributed by atoms with Gasteiger partial charge in [-0.3, -0.25) is 19.3 Å². The van der Waals surface area contributed by atoms with Gasteiger partial charge in [0.2, 0.25) is 0 Å². The highest BCUT2D eigenvalue weighted by Gasteiger charge is 2.52. The van der Waals surface area contributed by atoms with Gasteiger partial charge in [0.15, 0.2) is 6.61 Å². The fourth-order valence-electron chi connectivity index (χ4n) is 3.87. The lowest BCUT2D eigenvalue weighted by Crippen LogP contribution is -2.30. The zero-order valence-electron chi connectivity index (χ0n) is 18.2. The maximum absolute atomic E-state index is 12.7. The molecule has 9 heteroatoms. The second-order valence-electron chi connectivity index (χ2n) is 8.34. The van der Waals surface area contributed by atoms with Crippen molar-refractivity contribution in [2.75, 3.05) is 18.5 Å². The first-order valence-corrected chi connectivity index (χ1v) is 12.6. The van der Waals surface area contributed by atoms with E-state index in [1.165, 1.54) is 12.1 Å². The summed E-state index contributed by atoms with van der Waals surface area (Å²) in [5.74, 6) is -0.502. The van der Waals surface area contributed by atoms with Crippen LogP contribution in [0.1, 0.15) is 44.1 Å². The summed E-state index contributed by atoms with van der Waals surface area (Å²) in [5.41, 5.74) is 0.520. The van der Waals surface area contributed by atoms with Crippen LogP contribution in [-0.2, 0) is 29.8 Å². The van der Waals surface area contributed by atoms with Crippen molar-refractivity contribution in [1.29, 1.82) is 0 Å². The van der Waals surface area contributed by atoms with E-state index in [-0.39, 0.29) is 4.90 Å². The highest BCUT2D eigenvalue weighted by Crippen LogP contribution is 2.49. The minimum Gasteiger partial charge on any atom is -0.455 e. The zero-order chi connectivity index (χ0) is 23.3. The lowest BCUT2D eigenvalue weighted by atomic mass is 9.96. The van der Waals surface area contributed by atoms with Crippen LogP contribution in [0.2, 0.25) is 0 Å². The molecule has 4 rings (SSSR count). The molecule has 2 N–H and O–H groups in total. The predicted molar refractivity (Wildman–Crippen MR) is 124 cm³/mol. The van der Waals surface area contributed by atoms with Gasteiger partial charge in [0.25, 0.3) is 15.9 Å². The molecular weight excluding hydrogens is 442 g/mol. The number of esters is 1. The summed E-state index contributed by atoms with van der Waals surface area (Å²) in [6, 6.07) is 15.3. The van der Waals surface area contributed by atoms with E-state index in [0.717, 1.165) is 24.8 Å². The Balaban J connectivity index is 1.35. The average Bonchev–Trinajstić information content (AvgIpc) is 3.64. The first-order chi connectivity index (χ1) is 15.9. The van der Waals surface area contributed by atoms with Gasteiger partial charge in [0, 0.05) is 18.7 Å². The summed E-state index contributed by atoms with van der Waals surface area (Å²) in [5, 5.41) is 2.60. The Morgan fingerprint density at radius 2 is 1.79 bits per heavy atom. The van der Waals surface area contributed by atoms with Crippen molar-refractivity contribution in [3.05, 3.63) is 60.2 Å². The maximum Gasteiger partial charge on any atom is 0.317 e. The number of amides is 1. The van der Waals surface area contributed by atoms with Crippen LogP contribution in [-0.4, -0.2) is 39.3 Å². The average molecular weight is 470 g/mol. The molecule has 1 fully saturated rings. The second kappa shape index (κ2) is 9.74. The van der Waals surface area contributed by atoms with E-state index in [9.17, 15) is 18.0 Å². The molecule has 0 radical (unpaired) electrons. The van der Waals surface area contributed by atoms with Crippen molar-refractivity contribution >= 4 is 33.4 Å². The van der Waals surface area contributed by atoms with Gasteiger partial charge in [-0.15, -0.1) is 0 Å².